The van der Waals surface area contributed by atoms with Crippen LogP contribution in [0.25, 0.3) is 0 Å². The lowest BCUT2D eigenvalue weighted by molar-refractivity contribution is -0.192. The van der Waals surface area contributed by atoms with Gasteiger partial charge in [0.25, 0.3) is 5.91 Å². The molecular formula is C19H21F3N2O4S. The first-order valence-corrected chi connectivity index (χ1v) is 9.92. The van der Waals surface area contributed by atoms with Crippen LogP contribution in [0.4, 0.5) is 13.2 Å². The highest BCUT2D eigenvalue weighted by Gasteiger charge is 2.49. The average molecular weight is 430 g/mol. The van der Waals surface area contributed by atoms with Crippen LogP contribution in [0.15, 0.2) is 33.4 Å². The highest BCUT2D eigenvalue weighted by atomic mass is 32.1. The van der Waals surface area contributed by atoms with Gasteiger partial charge in [-0.05, 0) is 54.4 Å². The molecule has 1 N–H and O–H groups in total. The van der Waals surface area contributed by atoms with Gasteiger partial charge < -0.3 is 14.4 Å². The van der Waals surface area contributed by atoms with Gasteiger partial charge in [0.05, 0.1) is 0 Å². The Balaban J connectivity index is 0.000000298. The molecule has 2 aromatic heterocycles. The van der Waals surface area contributed by atoms with Gasteiger partial charge in [0, 0.05) is 31.6 Å². The minimum absolute atomic E-state index is 0.0370. The van der Waals surface area contributed by atoms with Crippen molar-refractivity contribution in [3.63, 3.8) is 0 Å². The number of hydrogen-bond donors (Lipinski definition) is 1. The average Bonchev–Trinajstić information content (AvgIpc) is 3.34. The zero-order valence-corrected chi connectivity index (χ0v) is 16.6. The molecule has 10 heteroatoms. The molecule has 0 aromatic carbocycles. The molecule has 0 atom stereocenters. The van der Waals surface area contributed by atoms with E-state index in [0.717, 1.165) is 38.5 Å². The maximum absolute atomic E-state index is 12.3. The Morgan fingerprint density at radius 3 is 2.45 bits per heavy atom. The van der Waals surface area contributed by atoms with Gasteiger partial charge in [0.1, 0.15) is 5.76 Å². The quantitative estimate of drug-likeness (QED) is 0.805. The number of halogens is 3. The largest absolute Gasteiger partial charge is 0.490 e. The van der Waals surface area contributed by atoms with Crippen LogP contribution < -0.4 is 0 Å². The van der Waals surface area contributed by atoms with Crippen LogP contribution in [-0.2, 0) is 11.3 Å². The number of amides is 1. The van der Waals surface area contributed by atoms with Crippen LogP contribution in [0.5, 0.6) is 0 Å². The first-order valence-electron chi connectivity index (χ1n) is 8.97. The van der Waals surface area contributed by atoms with Crippen molar-refractivity contribution >= 4 is 23.2 Å². The van der Waals surface area contributed by atoms with E-state index in [1.807, 2.05) is 17.9 Å². The van der Waals surface area contributed by atoms with Crippen molar-refractivity contribution in [2.75, 3.05) is 26.2 Å². The predicted molar refractivity (Wildman–Crippen MR) is 99.7 cm³/mol. The van der Waals surface area contributed by atoms with Crippen molar-refractivity contribution in [1.29, 1.82) is 0 Å². The maximum Gasteiger partial charge on any atom is 0.490 e. The van der Waals surface area contributed by atoms with E-state index >= 15 is 0 Å². The molecule has 1 spiro atoms. The topological polar surface area (TPSA) is 74.0 Å². The summed E-state index contributed by atoms with van der Waals surface area (Å²) in [6.07, 6.45) is -3.89. The third-order valence-corrected chi connectivity index (χ3v) is 5.77. The SMILES string of the molecule is Cc1ccc(C(=O)N2CC3(CCN(Cc4ccsc4)C3)C2)o1.O=C(O)C(F)(F)F. The van der Waals surface area contributed by atoms with Crippen molar-refractivity contribution in [3.05, 3.63) is 46.0 Å². The number of aryl methyl sites for hydroxylation is 1. The number of carbonyl (C=O) groups is 2. The number of thiophene rings is 1. The number of furan rings is 1. The normalized spacial score (nSPS) is 18.3. The first-order chi connectivity index (χ1) is 13.6. The summed E-state index contributed by atoms with van der Waals surface area (Å²) in [5.74, 6) is -1.45. The Morgan fingerprint density at radius 1 is 1.24 bits per heavy atom. The Labute approximate surface area is 169 Å². The fourth-order valence-corrected chi connectivity index (χ4v) is 4.33. The second-order valence-corrected chi connectivity index (χ2v) is 8.25. The molecule has 0 bridgehead atoms. The molecule has 2 aromatic rings. The van der Waals surface area contributed by atoms with Gasteiger partial charge in [-0.15, -0.1) is 0 Å². The van der Waals surface area contributed by atoms with E-state index in [0.29, 0.717) is 11.2 Å². The molecule has 1 amide bonds. The fourth-order valence-electron chi connectivity index (χ4n) is 3.67. The Bertz CT molecular complexity index is 857. The summed E-state index contributed by atoms with van der Waals surface area (Å²) in [7, 11) is 0. The molecule has 0 radical (unpaired) electrons. The van der Waals surface area contributed by atoms with Crippen LogP contribution in [0.3, 0.4) is 0 Å². The zero-order chi connectivity index (χ0) is 21.2. The molecule has 4 heterocycles. The van der Waals surface area contributed by atoms with Crippen LogP contribution in [0.1, 0.15) is 28.3 Å². The van der Waals surface area contributed by atoms with Gasteiger partial charge in [-0.3, -0.25) is 9.69 Å². The van der Waals surface area contributed by atoms with Gasteiger partial charge in [-0.25, -0.2) is 4.79 Å². The number of carbonyl (C=O) groups excluding carboxylic acids is 1. The van der Waals surface area contributed by atoms with E-state index in [1.54, 1.807) is 17.4 Å². The van der Waals surface area contributed by atoms with Crippen molar-refractivity contribution in [3.8, 4) is 0 Å². The van der Waals surface area contributed by atoms with Gasteiger partial charge in [-0.2, -0.15) is 24.5 Å². The van der Waals surface area contributed by atoms with Crippen LogP contribution >= 0.6 is 11.3 Å². The van der Waals surface area contributed by atoms with E-state index in [1.165, 1.54) is 12.0 Å². The monoisotopic (exact) mass is 430 g/mol. The van der Waals surface area contributed by atoms with Gasteiger partial charge in [0.15, 0.2) is 5.76 Å². The first kappa shape index (κ1) is 21.4. The maximum atomic E-state index is 12.3. The highest BCUT2D eigenvalue weighted by molar-refractivity contribution is 7.07. The van der Waals surface area contributed by atoms with E-state index in [-0.39, 0.29) is 5.91 Å². The number of hydrogen-bond acceptors (Lipinski definition) is 5. The highest BCUT2D eigenvalue weighted by Crippen LogP contribution is 2.40. The van der Waals surface area contributed by atoms with E-state index in [4.69, 9.17) is 14.3 Å². The Hall–Kier alpha value is -2.33. The number of aliphatic carboxylic acids is 1. The lowest BCUT2D eigenvalue weighted by Crippen LogP contribution is -2.59. The van der Waals surface area contributed by atoms with Gasteiger partial charge in [-0.1, -0.05) is 0 Å². The predicted octanol–water partition coefficient (Wildman–Crippen LogP) is 3.63. The summed E-state index contributed by atoms with van der Waals surface area (Å²) in [4.78, 5) is 25.7. The molecule has 0 unspecified atom stereocenters. The molecule has 6 nitrogen and oxygen atoms in total. The summed E-state index contributed by atoms with van der Waals surface area (Å²) in [5.41, 5.74) is 1.72. The Kier molecular flexibility index (Phi) is 6.04. The summed E-state index contributed by atoms with van der Waals surface area (Å²) < 4.78 is 37.2. The number of rotatable bonds is 3. The second-order valence-electron chi connectivity index (χ2n) is 7.47. The molecular weight excluding hydrogens is 409 g/mol. The van der Waals surface area contributed by atoms with E-state index < -0.39 is 12.1 Å². The molecule has 4 rings (SSSR count). The standard InChI is InChI=1S/C17H20N2O2S.C2HF3O2/c1-13-2-3-15(21-13)16(20)19-11-17(12-19)5-6-18(10-17)8-14-4-7-22-9-14;3-2(4,5)1(6)7/h2-4,7,9H,5-6,8,10-12H2,1H3;(H,6,7). The molecule has 158 valence electrons. The lowest BCUT2D eigenvalue weighted by atomic mass is 9.79. The van der Waals surface area contributed by atoms with Crippen molar-refractivity contribution in [2.45, 2.75) is 26.1 Å². The van der Waals surface area contributed by atoms with E-state index in [9.17, 15) is 18.0 Å². The van der Waals surface area contributed by atoms with Crippen molar-refractivity contribution in [1.82, 2.24) is 9.80 Å². The van der Waals surface area contributed by atoms with Gasteiger partial charge >= 0.3 is 12.1 Å². The zero-order valence-electron chi connectivity index (χ0n) is 15.7. The number of carboxylic acid groups (broad SMARTS) is 1. The number of likely N-dealkylation sites (tertiary alicyclic amines) is 2. The third kappa shape index (κ3) is 5.18. The summed E-state index contributed by atoms with van der Waals surface area (Å²) in [6, 6.07) is 5.83. The summed E-state index contributed by atoms with van der Waals surface area (Å²) in [5, 5.41) is 11.5. The number of alkyl halides is 3. The Morgan fingerprint density at radius 2 is 1.93 bits per heavy atom. The molecule has 2 aliphatic heterocycles. The van der Waals surface area contributed by atoms with Crippen LogP contribution in [0.2, 0.25) is 0 Å². The fraction of sp³-hybridized carbons (Fsp3) is 0.474. The minimum Gasteiger partial charge on any atom is -0.475 e. The number of carboxylic acids is 1. The smallest absolute Gasteiger partial charge is 0.475 e. The summed E-state index contributed by atoms with van der Waals surface area (Å²) in [6.45, 7) is 6.88. The molecule has 2 aliphatic rings. The minimum atomic E-state index is -5.08. The second kappa shape index (κ2) is 8.19. The van der Waals surface area contributed by atoms with Gasteiger partial charge in [0.2, 0.25) is 0 Å². The summed E-state index contributed by atoms with van der Waals surface area (Å²) >= 11 is 1.76. The van der Waals surface area contributed by atoms with Crippen LogP contribution in [-0.4, -0.2) is 59.1 Å². The molecule has 2 fully saturated rings. The third-order valence-electron chi connectivity index (χ3n) is 5.04. The molecule has 2 saturated heterocycles. The molecule has 29 heavy (non-hydrogen) atoms. The molecule has 0 saturated carbocycles. The van der Waals surface area contributed by atoms with Crippen LogP contribution in [0, 0.1) is 12.3 Å². The molecule has 0 aliphatic carbocycles. The lowest BCUT2D eigenvalue weighted by Gasteiger charge is -2.47. The van der Waals surface area contributed by atoms with E-state index in [2.05, 4.69) is 21.7 Å². The van der Waals surface area contributed by atoms with Crippen molar-refractivity contribution in [2.24, 2.45) is 5.41 Å². The van der Waals surface area contributed by atoms with Crippen molar-refractivity contribution < 1.29 is 32.3 Å². The number of nitrogens with zero attached hydrogens (tertiary/aromatic N) is 2.